The van der Waals surface area contributed by atoms with E-state index in [0.29, 0.717) is 5.52 Å². The van der Waals surface area contributed by atoms with Crippen LogP contribution >= 0.6 is 0 Å². The second-order valence-electron chi connectivity index (χ2n) is 5.63. The number of nitrogens with one attached hydrogen (secondary N) is 1. The molecule has 0 aliphatic rings. The van der Waals surface area contributed by atoms with E-state index in [1.165, 1.54) is 0 Å². The summed E-state index contributed by atoms with van der Waals surface area (Å²) in [4.78, 5) is 15.3. The summed E-state index contributed by atoms with van der Waals surface area (Å²) in [6.07, 6.45) is 3.64. The Hall–Kier alpha value is -3.27. The molecule has 4 nitrogen and oxygen atoms in total. The number of benzene rings is 2. The summed E-state index contributed by atoms with van der Waals surface area (Å²) in [7, 11) is 1.74. The Morgan fingerprint density at radius 1 is 0.917 bits per heavy atom. The van der Waals surface area contributed by atoms with Gasteiger partial charge in [0.25, 0.3) is 5.56 Å². The Morgan fingerprint density at radius 3 is 2.50 bits per heavy atom. The van der Waals surface area contributed by atoms with Crippen molar-refractivity contribution >= 4 is 10.9 Å². The molecule has 24 heavy (non-hydrogen) atoms. The van der Waals surface area contributed by atoms with E-state index < -0.39 is 0 Å². The Labute approximate surface area is 139 Å². The van der Waals surface area contributed by atoms with Gasteiger partial charge in [-0.25, -0.2) is 0 Å². The fraction of sp³-hybridized carbons (Fsp3) is 0.0500. The number of aromatic amines is 1. The van der Waals surface area contributed by atoms with Gasteiger partial charge in [0.1, 0.15) is 17.0 Å². The predicted octanol–water partition coefficient (Wildman–Crippen LogP) is 4.33. The minimum Gasteiger partial charge on any atom is -0.457 e. The van der Waals surface area contributed by atoms with Crippen LogP contribution in [0.15, 0.2) is 77.9 Å². The Bertz CT molecular complexity index is 1060. The highest BCUT2D eigenvalue weighted by Gasteiger charge is 2.13. The molecule has 1 N–H and O–H groups in total. The van der Waals surface area contributed by atoms with Crippen LogP contribution in [-0.2, 0) is 7.05 Å². The van der Waals surface area contributed by atoms with Crippen LogP contribution in [0.5, 0.6) is 11.5 Å². The van der Waals surface area contributed by atoms with Crippen LogP contribution in [0.4, 0.5) is 0 Å². The maximum absolute atomic E-state index is 12.2. The first-order chi connectivity index (χ1) is 11.7. The number of aromatic nitrogens is 2. The van der Waals surface area contributed by atoms with Gasteiger partial charge in [0.15, 0.2) is 0 Å². The van der Waals surface area contributed by atoms with E-state index in [2.05, 4.69) is 4.98 Å². The van der Waals surface area contributed by atoms with Gasteiger partial charge in [0.05, 0.1) is 0 Å². The van der Waals surface area contributed by atoms with E-state index in [9.17, 15) is 4.79 Å². The number of hydrogen-bond acceptors (Lipinski definition) is 2. The molecule has 0 amide bonds. The van der Waals surface area contributed by atoms with Crippen molar-refractivity contribution in [3.05, 3.63) is 83.4 Å². The lowest BCUT2D eigenvalue weighted by atomic mass is 10.0. The molecule has 0 unspecified atom stereocenters. The number of rotatable bonds is 3. The van der Waals surface area contributed by atoms with Gasteiger partial charge >= 0.3 is 0 Å². The molecule has 0 radical (unpaired) electrons. The fourth-order valence-corrected chi connectivity index (χ4v) is 2.83. The molecule has 4 rings (SSSR count). The van der Waals surface area contributed by atoms with Gasteiger partial charge in [-0.1, -0.05) is 36.4 Å². The van der Waals surface area contributed by atoms with Gasteiger partial charge in [-0.15, -0.1) is 0 Å². The average molecular weight is 316 g/mol. The molecule has 0 aliphatic carbocycles. The van der Waals surface area contributed by atoms with E-state index >= 15 is 0 Å². The number of aryl methyl sites for hydroxylation is 1. The molecular weight excluding hydrogens is 300 g/mol. The maximum atomic E-state index is 12.2. The molecular formula is C20H16N2O2. The van der Waals surface area contributed by atoms with Gasteiger partial charge in [-0.3, -0.25) is 4.79 Å². The molecule has 0 bridgehead atoms. The van der Waals surface area contributed by atoms with E-state index in [4.69, 9.17) is 4.74 Å². The fourth-order valence-electron chi connectivity index (χ4n) is 2.83. The van der Waals surface area contributed by atoms with Crippen LogP contribution < -0.4 is 10.3 Å². The molecule has 0 atom stereocenters. The maximum Gasteiger partial charge on any atom is 0.274 e. The van der Waals surface area contributed by atoms with Gasteiger partial charge in [0, 0.05) is 36.0 Å². The highest BCUT2D eigenvalue weighted by molar-refractivity contribution is 5.96. The lowest BCUT2D eigenvalue weighted by Gasteiger charge is -2.10. The van der Waals surface area contributed by atoms with Crippen molar-refractivity contribution in [2.45, 2.75) is 0 Å². The molecule has 4 aromatic rings. The highest BCUT2D eigenvalue weighted by atomic mass is 16.5. The number of H-pyrrole nitrogens is 1. The number of pyridine rings is 1. The van der Waals surface area contributed by atoms with E-state index in [-0.39, 0.29) is 5.56 Å². The van der Waals surface area contributed by atoms with Crippen LogP contribution in [0.25, 0.3) is 22.0 Å². The van der Waals surface area contributed by atoms with Crippen molar-refractivity contribution in [1.29, 1.82) is 0 Å². The second-order valence-corrected chi connectivity index (χ2v) is 5.63. The van der Waals surface area contributed by atoms with Crippen molar-refractivity contribution < 1.29 is 4.74 Å². The molecule has 0 saturated heterocycles. The normalized spacial score (nSPS) is 10.9. The van der Waals surface area contributed by atoms with Gasteiger partial charge < -0.3 is 14.3 Å². The number of ether oxygens (including phenoxy) is 1. The highest BCUT2D eigenvalue weighted by Crippen LogP contribution is 2.36. The third kappa shape index (κ3) is 2.38. The van der Waals surface area contributed by atoms with Crippen molar-refractivity contribution in [2.24, 2.45) is 7.05 Å². The zero-order valence-electron chi connectivity index (χ0n) is 13.2. The molecule has 4 heteroatoms. The predicted molar refractivity (Wildman–Crippen MR) is 95.5 cm³/mol. The van der Waals surface area contributed by atoms with Crippen LogP contribution in [0, 0.1) is 0 Å². The minimum atomic E-state index is -0.0415. The lowest BCUT2D eigenvalue weighted by Crippen LogP contribution is -2.15. The summed E-state index contributed by atoms with van der Waals surface area (Å²) in [5.74, 6) is 1.53. The monoisotopic (exact) mass is 316 g/mol. The van der Waals surface area contributed by atoms with E-state index in [1.54, 1.807) is 17.8 Å². The molecule has 2 aromatic carbocycles. The molecule has 2 aromatic heterocycles. The van der Waals surface area contributed by atoms with Crippen LogP contribution in [0.3, 0.4) is 0 Å². The summed E-state index contributed by atoms with van der Waals surface area (Å²) in [6, 6.07) is 19.4. The quantitative estimate of drug-likeness (QED) is 0.611. The zero-order chi connectivity index (χ0) is 16.5. The van der Waals surface area contributed by atoms with Gasteiger partial charge in [-0.2, -0.15) is 0 Å². The number of fused-ring (bicyclic) bond motifs is 1. The average Bonchev–Trinajstić information content (AvgIpc) is 3.04. The van der Waals surface area contributed by atoms with Gasteiger partial charge in [0.2, 0.25) is 0 Å². The molecule has 118 valence electrons. The number of para-hydroxylation sites is 2. The van der Waals surface area contributed by atoms with Crippen molar-refractivity contribution in [2.75, 3.05) is 0 Å². The summed E-state index contributed by atoms with van der Waals surface area (Å²) in [5, 5.41) is 0.891. The minimum absolute atomic E-state index is 0.0415. The SMILES string of the molecule is Cn1ccc2c(-c3ccccc3Oc3ccccc3)c[nH]c2c1=O. The Morgan fingerprint density at radius 2 is 1.67 bits per heavy atom. The topological polar surface area (TPSA) is 47.0 Å². The van der Waals surface area contributed by atoms with E-state index in [1.807, 2.05) is 66.9 Å². The van der Waals surface area contributed by atoms with Crippen LogP contribution in [0.1, 0.15) is 0 Å². The first-order valence-electron chi connectivity index (χ1n) is 7.73. The molecule has 0 spiro atoms. The van der Waals surface area contributed by atoms with Crippen LogP contribution in [-0.4, -0.2) is 9.55 Å². The summed E-state index contributed by atoms with van der Waals surface area (Å²) < 4.78 is 7.60. The zero-order valence-corrected chi connectivity index (χ0v) is 13.2. The Balaban J connectivity index is 1.86. The van der Waals surface area contributed by atoms with Crippen LogP contribution in [0.2, 0.25) is 0 Å². The second kappa shape index (κ2) is 5.74. The summed E-state index contributed by atoms with van der Waals surface area (Å²) >= 11 is 0. The Kier molecular flexibility index (Phi) is 3.43. The smallest absolute Gasteiger partial charge is 0.274 e. The number of nitrogens with zero attached hydrogens (tertiary/aromatic N) is 1. The van der Waals surface area contributed by atoms with Gasteiger partial charge in [-0.05, 0) is 24.3 Å². The molecule has 0 fully saturated rings. The van der Waals surface area contributed by atoms with Crippen molar-refractivity contribution in [3.63, 3.8) is 0 Å². The molecule has 0 saturated carbocycles. The first-order valence-corrected chi connectivity index (χ1v) is 7.73. The number of hydrogen-bond donors (Lipinski definition) is 1. The third-order valence-corrected chi connectivity index (χ3v) is 4.07. The summed E-state index contributed by atoms with van der Waals surface area (Å²) in [6.45, 7) is 0. The lowest BCUT2D eigenvalue weighted by molar-refractivity contribution is 0.484. The molecule has 0 aliphatic heterocycles. The standard InChI is InChI=1S/C20H16N2O2/c1-22-12-11-16-17(13-21-19(16)20(22)23)15-9-5-6-10-18(15)24-14-7-3-2-4-8-14/h2-13,21H,1H3. The third-order valence-electron chi connectivity index (χ3n) is 4.07. The summed E-state index contributed by atoms with van der Waals surface area (Å²) in [5.41, 5.74) is 2.46. The first kappa shape index (κ1) is 14.3. The largest absolute Gasteiger partial charge is 0.457 e. The molecule has 2 heterocycles. The van der Waals surface area contributed by atoms with Crippen molar-refractivity contribution in [1.82, 2.24) is 9.55 Å². The van der Waals surface area contributed by atoms with E-state index in [0.717, 1.165) is 28.0 Å². The van der Waals surface area contributed by atoms with Crippen molar-refractivity contribution in [3.8, 4) is 22.6 Å².